The first-order chi connectivity index (χ1) is 7.95. The van der Waals surface area contributed by atoms with Gasteiger partial charge in [0.05, 0.1) is 5.69 Å². The Kier molecular flexibility index (Phi) is 4.25. The van der Waals surface area contributed by atoms with E-state index in [0.717, 1.165) is 0 Å². The second-order valence-electron chi connectivity index (χ2n) is 3.80. The minimum Gasteiger partial charge on any atom is -0.480 e. The average molecular weight is 240 g/mol. The van der Waals surface area contributed by atoms with E-state index in [1.807, 2.05) is 6.92 Å². The first-order valence-corrected chi connectivity index (χ1v) is 5.43. The van der Waals surface area contributed by atoms with Crippen molar-refractivity contribution in [2.75, 3.05) is 0 Å². The third kappa shape index (κ3) is 3.30. The number of carbonyl (C=O) groups is 2. The maximum Gasteiger partial charge on any atom is 0.326 e. The molecule has 1 heterocycles. The second kappa shape index (κ2) is 5.47. The fourth-order valence-electron chi connectivity index (χ4n) is 1.51. The standard InChI is InChI=1S/C11H16N2O4/c1-4-5-8(11(15)16)13-10(14)9-6(2)12-7(3)17-9/h8H,4-5H2,1-3H3,(H,13,14)(H,15,16). The van der Waals surface area contributed by atoms with Crippen molar-refractivity contribution >= 4 is 11.9 Å². The van der Waals surface area contributed by atoms with Crippen molar-refractivity contribution < 1.29 is 19.1 Å². The van der Waals surface area contributed by atoms with E-state index >= 15 is 0 Å². The molecule has 1 aromatic heterocycles. The van der Waals surface area contributed by atoms with Crippen LogP contribution in [0.5, 0.6) is 0 Å². The van der Waals surface area contributed by atoms with Crippen LogP contribution in [0.1, 0.15) is 41.9 Å². The number of carboxylic acid groups (broad SMARTS) is 1. The lowest BCUT2D eigenvalue weighted by atomic mass is 10.1. The Balaban J connectivity index is 2.77. The predicted molar refractivity (Wildman–Crippen MR) is 59.8 cm³/mol. The lowest BCUT2D eigenvalue weighted by molar-refractivity contribution is -0.139. The van der Waals surface area contributed by atoms with E-state index in [-0.39, 0.29) is 5.76 Å². The minimum absolute atomic E-state index is 0.0739. The molecule has 6 heteroatoms. The van der Waals surface area contributed by atoms with Gasteiger partial charge in [-0.05, 0) is 13.3 Å². The molecular weight excluding hydrogens is 224 g/mol. The Morgan fingerprint density at radius 1 is 1.47 bits per heavy atom. The molecule has 6 nitrogen and oxygen atoms in total. The number of rotatable bonds is 5. The molecule has 17 heavy (non-hydrogen) atoms. The summed E-state index contributed by atoms with van der Waals surface area (Å²) < 4.78 is 5.12. The number of aryl methyl sites for hydroxylation is 2. The van der Waals surface area contributed by atoms with Gasteiger partial charge in [-0.25, -0.2) is 9.78 Å². The molecule has 0 spiro atoms. The summed E-state index contributed by atoms with van der Waals surface area (Å²) >= 11 is 0. The number of carbonyl (C=O) groups excluding carboxylic acids is 1. The fraction of sp³-hybridized carbons (Fsp3) is 0.545. The largest absolute Gasteiger partial charge is 0.480 e. The molecule has 0 bridgehead atoms. The summed E-state index contributed by atoms with van der Waals surface area (Å²) in [5.41, 5.74) is 0.459. The number of hydrogen-bond donors (Lipinski definition) is 2. The molecular formula is C11H16N2O4. The normalized spacial score (nSPS) is 12.2. The van der Waals surface area contributed by atoms with Gasteiger partial charge in [-0.15, -0.1) is 0 Å². The summed E-state index contributed by atoms with van der Waals surface area (Å²) in [6.07, 6.45) is 1.05. The first kappa shape index (κ1) is 13.2. The van der Waals surface area contributed by atoms with Gasteiger partial charge in [0.1, 0.15) is 6.04 Å². The van der Waals surface area contributed by atoms with Crippen LogP contribution in [0.25, 0.3) is 0 Å². The number of nitrogens with one attached hydrogen (secondary N) is 1. The first-order valence-electron chi connectivity index (χ1n) is 5.43. The van der Waals surface area contributed by atoms with Crippen LogP contribution in [-0.4, -0.2) is 28.0 Å². The Bertz CT molecular complexity index is 425. The van der Waals surface area contributed by atoms with Crippen LogP contribution in [0.3, 0.4) is 0 Å². The third-order valence-electron chi connectivity index (χ3n) is 2.29. The Morgan fingerprint density at radius 3 is 2.53 bits per heavy atom. The Hall–Kier alpha value is -1.85. The van der Waals surface area contributed by atoms with Gasteiger partial charge < -0.3 is 14.8 Å². The molecule has 0 saturated heterocycles. The zero-order chi connectivity index (χ0) is 13.0. The monoisotopic (exact) mass is 240 g/mol. The molecule has 1 aromatic rings. The minimum atomic E-state index is -1.05. The van der Waals surface area contributed by atoms with E-state index in [0.29, 0.717) is 24.4 Å². The molecule has 0 aliphatic carbocycles. The van der Waals surface area contributed by atoms with Gasteiger partial charge in [0.15, 0.2) is 5.89 Å². The number of carboxylic acids is 1. The maximum atomic E-state index is 11.8. The SMILES string of the molecule is CCCC(NC(=O)c1oc(C)nc1C)C(=O)O. The quantitative estimate of drug-likeness (QED) is 0.808. The number of amides is 1. The van der Waals surface area contributed by atoms with Crippen LogP contribution in [-0.2, 0) is 4.79 Å². The number of aromatic nitrogens is 1. The molecule has 0 aromatic carbocycles. The summed E-state index contributed by atoms with van der Waals surface area (Å²) in [4.78, 5) is 26.6. The number of nitrogens with zero attached hydrogens (tertiary/aromatic N) is 1. The van der Waals surface area contributed by atoms with Crippen molar-refractivity contribution in [1.82, 2.24) is 10.3 Å². The highest BCUT2D eigenvalue weighted by Gasteiger charge is 2.23. The maximum absolute atomic E-state index is 11.8. The van der Waals surface area contributed by atoms with Crippen LogP contribution < -0.4 is 5.32 Å². The highest BCUT2D eigenvalue weighted by Crippen LogP contribution is 2.10. The van der Waals surface area contributed by atoms with E-state index in [1.165, 1.54) is 0 Å². The lowest BCUT2D eigenvalue weighted by Gasteiger charge is -2.12. The molecule has 2 N–H and O–H groups in total. The van der Waals surface area contributed by atoms with E-state index in [9.17, 15) is 9.59 Å². The molecule has 94 valence electrons. The molecule has 0 fully saturated rings. The third-order valence-corrected chi connectivity index (χ3v) is 2.29. The Morgan fingerprint density at radius 2 is 2.12 bits per heavy atom. The average Bonchev–Trinajstić information content (AvgIpc) is 2.57. The Labute approximate surface area is 99.0 Å². The van der Waals surface area contributed by atoms with Crippen molar-refractivity contribution in [3.05, 3.63) is 17.3 Å². The van der Waals surface area contributed by atoms with Crippen molar-refractivity contribution in [3.8, 4) is 0 Å². The number of oxazole rings is 1. The molecule has 1 amide bonds. The summed E-state index contributed by atoms with van der Waals surface area (Å²) in [5, 5.41) is 11.3. The van der Waals surface area contributed by atoms with Gasteiger partial charge in [0.25, 0.3) is 5.91 Å². The smallest absolute Gasteiger partial charge is 0.326 e. The fourth-order valence-corrected chi connectivity index (χ4v) is 1.51. The molecule has 1 unspecified atom stereocenters. The van der Waals surface area contributed by atoms with Gasteiger partial charge in [0.2, 0.25) is 5.76 Å². The number of hydrogen-bond acceptors (Lipinski definition) is 4. The van der Waals surface area contributed by atoms with Gasteiger partial charge in [0, 0.05) is 6.92 Å². The molecule has 0 aliphatic heterocycles. The molecule has 1 atom stereocenters. The molecule has 0 radical (unpaired) electrons. The van der Waals surface area contributed by atoms with E-state index in [4.69, 9.17) is 9.52 Å². The van der Waals surface area contributed by atoms with E-state index in [1.54, 1.807) is 13.8 Å². The molecule has 0 saturated carbocycles. The zero-order valence-corrected chi connectivity index (χ0v) is 10.1. The van der Waals surface area contributed by atoms with Gasteiger partial charge >= 0.3 is 5.97 Å². The summed E-state index contributed by atoms with van der Waals surface area (Å²) in [6.45, 7) is 5.12. The highest BCUT2D eigenvalue weighted by molar-refractivity contribution is 5.95. The van der Waals surface area contributed by atoms with Crippen LogP contribution in [0.15, 0.2) is 4.42 Å². The summed E-state index contributed by atoms with van der Waals surface area (Å²) in [7, 11) is 0. The summed E-state index contributed by atoms with van der Waals surface area (Å²) in [5.74, 6) is -1.13. The van der Waals surface area contributed by atoms with Crippen LogP contribution in [0.2, 0.25) is 0 Å². The van der Waals surface area contributed by atoms with Crippen molar-refractivity contribution in [2.24, 2.45) is 0 Å². The van der Waals surface area contributed by atoms with E-state index in [2.05, 4.69) is 10.3 Å². The van der Waals surface area contributed by atoms with Gasteiger partial charge in [-0.1, -0.05) is 13.3 Å². The topological polar surface area (TPSA) is 92.4 Å². The van der Waals surface area contributed by atoms with Gasteiger partial charge in [-0.2, -0.15) is 0 Å². The van der Waals surface area contributed by atoms with E-state index < -0.39 is 17.9 Å². The molecule has 0 aliphatic rings. The van der Waals surface area contributed by atoms with Crippen LogP contribution in [0, 0.1) is 13.8 Å². The highest BCUT2D eigenvalue weighted by atomic mass is 16.4. The summed E-state index contributed by atoms with van der Waals surface area (Å²) in [6, 6.07) is -0.891. The van der Waals surface area contributed by atoms with Crippen molar-refractivity contribution in [1.29, 1.82) is 0 Å². The van der Waals surface area contributed by atoms with Crippen molar-refractivity contribution in [2.45, 2.75) is 39.7 Å². The van der Waals surface area contributed by atoms with Crippen LogP contribution in [0.4, 0.5) is 0 Å². The molecule has 1 rings (SSSR count). The zero-order valence-electron chi connectivity index (χ0n) is 10.1. The van der Waals surface area contributed by atoms with Gasteiger partial charge in [-0.3, -0.25) is 4.79 Å². The number of aliphatic carboxylic acids is 1. The second-order valence-corrected chi connectivity index (χ2v) is 3.80. The van der Waals surface area contributed by atoms with Crippen LogP contribution >= 0.6 is 0 Å². The van der Waals surface area contributed by atoms with Crippen molar-refractivity contribution in [3.63, 3.8) is 0 Å². The predicted octanol–water partition coefficient (Wildman–Crippen LogP) is 1.27. The lowest BCUT2D eigenvalue weighted by Crippen LogP contribution is -2.40.